The number of hydrogen-bond donors (Lipinski definition) is 2. The number of amides is 1. The Morgan fingerprint density at radius 1 is 1.35 bits per heavy atom. The summed E-state index contributed by atoms with van der Waals surface area (Å²) in [5.41, 5.74) is 5.75. The van der Waals surface area contributed by atoms with Crippen LogP contribution in [0.25, 0.3) is 11.3 Å². The molecule has 1 aromatic heterocycles. The first-order valence-electron chi connectivity index (χ1n) is 8.62. The first-order valence-corrected chi connectivity index (χ1v) is 8.62. The van der Waals surface area contributed by atoms with Crippen LogP contribution in [0.5, 0.6) is 0 Å². The van der Waals surface area contributed by atoms with Crippen molar-refractivity contribution in [2.24, 2.45) is 11.1 Å². The van der Waals surface area contributed by atoms with E-state index in [2.05, 4.69) is 9.97 Å². The third-order valence-electron chi connectivity index (χ3n) is 4.21. The van der Waals surface area contributed by atoms with Crippen LogP contribution >= 0.6 is 0 Å². The summed E-state index contributed by atoms with van der Waals surface area (Å²) in [6, 6.07) is 2.92. The van der Waals surface area contributed by atoms with Crippen LogP contribution in [0.15, 0.2) is 24.4 Å². The topological polar surface area (TPSA) is 75.0 Å². The van der Waals surface area contributed by atoms with E-state index in [1.807, 2.05) is 20.8 Å². The van der Waals surface area contributed by atoms with Gasteiger partial charge in [0, 0.05) is 19.0 Å². The number of imidazole rings is 1. The van der Waals surface area contributed by atoms with Gasteiger partial charge in [0.2, 0.25) is 5.91 Å². The van der Waals surface area contributed by atoms with Crippen LogP contribution in [-0.2, 0) is 4.79 Å². The van der Waals surface area contributed by atoms with Crippen LogP contribution in [0, 0.1) is 17.0 Å². The number of carbonyl (C=O) groups excluding carboxylic acids is 1. The molecule has 0 saturated heterocycles. The van der Waals surface area contributed by atoms with Gasteiger partial charge in [-0.2, -0.15) is 0 Å². The first-order chi connectivity index (χ1) is 12.1. The summed E-state index contributed by atoms with van der Waals surface area (Å²) in [6.45, 7) is 8.48. The van der Waals surface area contributed by atoms with Crippen molar-refractivity contribution in [1.29, 1.82) is 0 Å². The fourth-order valence-electron chi connectivity index (χ4n) is 3.07. The van der Waals surface area contributed by atoms with Crippen LogP contribution < -0.4 is 5.73 Å². The lowest BCUT2D eigenvalue weighted by Gasteiger charge is -2.38. The number of halogens is 2. The van der Waals surface area contributed by atoms with Gasteiger partial charge in [-0.15, -0.1) is 0 Å². The van der Waals surface area contributed by atoms with E-state index < -0.39 is 11.6 Å². The number of hydrogen-bond acceptors (Lipinski definition) is 3. The summed E-state index contributed by atoms with van der Waals surface area (Å²) >= 11 is 0. The summed E-state index contributed by atoms with van der Waals surface area (Å²) in [5, 5.41) is 0. The molecule has 0 radical (unpaired) electrons. The number of nitrogens with zero attached hydrogens (tertiary/aromatic N) is 2. The molecule has 0 aliphatic carbocycles. The lowest BCUT2D eigenvalue weighted by molar-refractivity contribution is -0.134. The fourth-order valence-corrected chi connectivity index (χ4v) is 3.07. The van der Waals surface area contributed by atoms with Gasteiger partial charge < -0.3 is 15.6 Å². The summed E-state index contributed by atoms with van der Waals surface area (Å²) in [4.78, 5) is 21.4. The monoisotopic (exact) mass is 364 g/mol. The van der Waals surface area contributed by atoms with E-state index >= 15 is 0 Å². The molecule has 142 valence electrons. The zero-order chi connectivity index (χ0) is 19.5. The number of benzene rings is 1. The molecule has 26 heavy (non-hydrogen) atoms. The Labute approximate surface area is 152 Å². The highest BCUT2D eigenvalue weighted by Crippen LogP contribution is 2.37. The average Bonchev–Trinajstić information content (AvgIpc) is 3.01. The van der Waals surface area contributed by atoms with Gasteiger partial charge in [0.05, 0.1) is 17.9 Å². The molecular formula is C19H26F2N4O. The molecule has 2 aromatic rings. The normalized spacial score (nSPS) is 12.9. The van der Waals surface area contributed by atoms with E-state index in [0.717, 1.165) is 18.2 Å². The first kappa shape index (κ1) is 20.0. The zero-order valence-electron chi connectivity index (χ0n) is 15.6. The zero-order valence-corrected chi connectivity index (χ0v) is 15.6. The number of nitrogens with two attached hydrogens (primary N) is 1. The highest BCUT2D eigenvalue weighted by molar-refractivity contribution is 5.74. The maximum atomic E-state index is 14.1. The molecule has 7 heteroatoms. The number of carbonyl (C=O) groups is 1. The number of H-pyrrole nitrogens is 1. The van der Waals surface area contributed by atoms with E-state index in [-0.39, 0.29) is 22.9 Å². The molecule has 1 aromatic carbocycles. The van der Waals surface area contributed by atoms with Crippen LogP contribution in [0.3, 0.4) is 0 Å². The van der Waals surface area contributed by atoms with Crippen molar-refractivity contribution >= 4 is 5.91 Å². The van der Waals surface area contributed by atoms with Crippen molar-refractivity contribution in [3.05, 3.63) is 41.9 Å². The largest absolute Gasteiger partial charge is 0.340 e. The maximum absolute atomic E-state index is 14.1. The Kier molecular flexibility index (Phi) is 6.13. The molecule has 2 rings (SSSR count). The van der Waals surface area contributed by atoms with Gasteiger partial charge >= 0.3 is 0 Å². The van der Waals surface area contributed by atoms with E-state index in [1.165, 1.54) is 13.1 Å². The van der Waals surface area contributed by atoms with Crippen LogP contribution in [0.2, 0.25) is 0 Å². The lowest BCUT2D eigenvalue weighted by atomic mass is 9.84. The van der Waals surface area contributed by atoms with Crippen molar-refractivity contribution in [2.45, 2.75) is 40.2 Å². The van der Waals surface area contributed by atoms with Gasteiger partial charge in [-0.3, -0.25) is 4.79 Å². The number of aromatic amines is 1. The standard InChI is InChI=1S/C19H26F2N4O/c1-12(26)25(9-5-8-22)17(19(2,3)4)18-23-11-16(24-18)14-10-13(20)6-7-15(14)21/h6-7,10-11,17H,5,8-9,22H2,1-4H3,(H,23,24). The molecule has 1 atom stereocenters. The second-order valence-electron chi connectivity index (χ2n) is 7.43. The van der Waals surface area contributed by atoms with Gasteiger partial charge in [-0.25, -0.2) is 13.8 Å². The van der Waals surface area contributed by atoms with Crippen LogP contribution in [0.1, 0.15) is 46.0 Å². The maximum Gasteiger partial charge on any atom is 0.220 e. The lowest BCUT2D eigenvalue weighted by Crippen LogP contribution is -2.41. The summed E-state index contributed by atoms with van der Waals surface area (Å²) in [7, 11) is 0. The van der Waals surface area contributed by atoms with Gasteiger partial charge in [-0.1, -0.05) is 20.8 Å². The van der Waals surface area contributed by atoms with E-state index in [0.29, 0.717) is 31.0 Å². The summed E-state index contributed by atoms with van der Waals surface area (Å²) in [5.74, 6) is -0.629. The molecule has 1 unspecified atom stereocenters. The summed E-state index contributed by atoms with van der Waals surface area (Å²) in [6.07, 6.45) is 2.13. The molecule has 1 heterocycles. The molecule has 0 aliphatic heterocycles. The van der Waals surface area contributed by atoms with Gasteiger partial charge in [0.15, 0.2) is 0 Å². The molecule has 0 aliphatic rings. The molecule has 0 fully saturated rings. The Balaban J connectivity index is 2.46. The van der Waals surface area contributed by atoms with Crippen molar-refractivity contribution in [3.63, 3.8) is 0 Å². The number of aromatic nitrogens is 2. The van der Waals surface area contributed by atoms with Gasteiger partial charge in [-0.05, 0) is 36.6 Å². The smallest absolute Gasteiger partial charge is 0.220 e. The molecule has 3 N–H and O–H groups in total. The second kappa shape index (κ2) is 7.95. The highest BCUT2D eigenvalue weighted by atomic mass is 19.1. The third-order valence-corrected chi connectivity index (χ3v) is 4.21. The minimum Gasteiger partial charge on any atom is -0.340 e. The average molecular weight is 364 g/mol. The van der Waals surface area contributed by atoms with Gasteiger partial charge in [0.1, 0.15) is 17.5 Å². The minimum atomic E-state index is -0.541. The molecule has 0 saturated carbocycles. The minimum absolute atomic E-state index is 0.0896. The fraction of sp³-hybridized carbons (Fsp3) is 0.474. The molecule has 5 nitrogen and oxygen atoms in total. The third kappa shape index (κ3) is 4.46. The van der Waals surface area contributed by atoms with Gasteiger partial charge in [0.25, 0.3) is 0 Å². The highest BCUT2D eigenvalue weighted by Gasteiger charge is 2.35. The van der Waals surface area contributed by atoms with E-state index in [1.54, 1.807) is 4.90 Å². The SMILES string of the molecule is CC(=O)N(CCCN)C(c1ncc(-c2cc(F)ccc2F)[nH]1)C(C)(C)C. The number of rotatable bonds is 6. The van der Waals surface area contributed by atoms with Crippen molar-refractivity contribution in [1.82, 2.24) is 14.9 Å². The van der Waals surface area contributed by atoms with Crippen LogP contribution in [0.4, 0.5) is 8.78 Å². The molecule has 0 bridgehead atoms. The Morgan fingerprint density at radius 2 is 2.04 bits per heavy atom. The Morgan fingerprint density at radius 3 is 2.62 bits per heavy atom. The predicted molar refractivity (Wildman–Crippen MR) is 97.2 cm³/mol. The number of nitrogens with one attached hydrogen (secondary N) is 1. The van der Waals surface area contributed by atoms with Crippen molar-refractivity contribution < 1.29 is 13.6 Å². The van der Waals surface area contributed by atoms with E-state index in [9.17, 15) is 13.6 Å². The summed E-state index contributed by atoms with van der Waals surface area (Å²) < 4.78 is 27.6. The molecular weight excluding hydrogens is 338 g/mol. The second-order valence-corrected chi connectivity index (χ2v) is 7.43. The Bertz CT molecular complexity index is 767. The molecule has 0 spiro atoms. The molecule has 1 amide bonds. The predicted octanol–water partition coefficient (Wildman–Crippen LogP) is 3.64. The van der Waals surface area contributed by atoms with E-state index in [4.69, 9.17) is 5.73 Å². The van der Waals surface area contributed by atoms with Crippen LogP contribution in [-0.4, -0.2) is 33.9 Å². The van der Waals surface area contributed by atoms with Crippen molar-refractivity contribution in [2.75, 3.05) is 13.1 Å². The quantitative estimate of drug-likeness (QED) is 0.822. The van der Waals surface area contributed by atoms with Crippen molar-refractivity contribution in [3.8, 4) is 11.3 Å². The Hall–Kier alpha value is -2.28.